The second-order valence-electron chi connectivity index (χ2n) is 4.12. The van der Waals surface area contributed by atoms with Gasteiger partial charge in [-0.25, -0.2) is 0 Å². The maximum Gasteiger partial charge on any atom is 0.251 e. The minimum atomic E-state index is -0.0672. The number of aryl methyl sites for hydroxylation is 1. The highest BCUT2D eigenvalue weighted by Crippen LogP contribution is 2.15. The zero-order valence-corrected chi connectivity index (χ0v) is 13.7. The second kappa shape index (κ2) is 7.92. The molecule has 0 fully saturated rings. The third-order valence-electron chi connectivity index (χ3n) is 2.46. The molecule has 1 unspecified atom stereocenters. The molecule has 0 aliphatic rings. The van der Waals surface area contributed by atoms with Crippen LogP contribution in [-0.4, -0.2) is 31.0 Å². The number of hydrogen-bond donors (Lipinski definition) is 1. The molecule has 0 bridgehead atoms. The molecule has 3 nitrogen and oxygen atoms in total. The SMILES string of the molecule is COCC(CCBr)NC(=O)c1cc(C)cc(Br)c1. The number of benzene rings is 1. The lowest BCUT2D eigenvalue weighted by Gasteiger charge is -2.17. The summed E-state index contributed by atoms with van der Waals surface area (Å²) in [6.07, 6.45) is 0.840. The van der Waals surface area contributed by atoms with Crippen molar-refractivity contribution in [3.63, 3.8) is 0 Å². The summed E-state index contributed by atoms with van der Waals surface area (Å²) in [5, 5.41) is 3.81. The van der Waals surface area contributed by atoms with Crippen LogP contribution in [0.25, 0.3) is 0 Å². The number of nitrogens with one attached hydrogen (secondary N) is 1. The van der Waals surface area contributed by atoms with E-state index in [0.29, 0.717) is 12.2 Å². The fourth-order valence-electron chi connectivity index (χ4n) is 1.67. The maximum atomic E-state index is 12.1. The standard InChI is InChI=1S/C13H17Br2NO2/c1-9-5-10(7-11(15)6-9)13(17)16-12(3-4-14)8-18-2/h5-7,12H,3-4,8H2,1-2H3,(H,16,17). The first kappa shape index (κ1) is 15.7. The van der Waals surface area contributed by atoms with E-state index < -0.39 is 0 Å². The highest BCUT2D eigenvalue weighted by atomic mass is 79.9. The number of hydrogen-bond acceptors (Lipinski definition) is 2. The van der Waals surface area contributed by atoms with Gasteiger partial charge in [0.2, 0.25) is 0 Å². The molecule has 100 valence electrons. The second-order valence-corrected chi connectivity index (χ2v) is 5.83. The molecule has 1 aromatic rings. The van der Waals surface area contributed by atoms with E-state index in [-0.39, 0.29) is 11.9 Å². The van der Waals surface area contributed by atoms with Gasteiger partial charge >= 0.3 is 0 Å². The lowest BCUT2D eigenvalue weighted by Crippen LogP contribution is -2.38. The summed E-state index contributed by atoms with van der Waals surface area (Å²) >= 11 is 6.77. The molecule has 18 heavy (non-hydrogen) atoms. The van der Waals surface area contributed by atoms with Crippen LogP contribution in [0.4, 0.5) is 0 Å². The minimum absolute atomic E-state index is 0.0289. The van der Waals surface area contributed by atoms with Crippen LogP contribution in [-0.2, 0) is 4.74 Å². The Morgan fingerprint density at radius 3 is 2.72 bits per heavy atom. The molecule has 1 rings (SSSR count). The third-order valence-corrected chi connectivity index (χ3v) is 3.38. The Hall–Kier alpha value is -0.390. The quantitative estimate of drug-likeness (QED) is 0.771. The van der Waals surface area contributed by atoms with Gasteiger partial charge in [0.15, 0.2) is 0 Å². The molecule has 0 saturated heterocycles. The van der Waals surface area contributed by atoms with Crippen LogP contribution in [0.5, 0.6) is 0 Å². The molecular formula is C13H17Br2NO2. The predicted octanol–water partition coefficient (Wildman–Crippen LogP) is 3.29. The van der Waals surface area contributed by atoms with Gasteiger partial charge in [-0.3, -0.25) is 4.79 Å². The average Bonchev–Trinajstić information content (AvgIpc) is 2.28. The number of rotatable bonds is 6. The van der Waals surface area contributed by atoms with Crippen LogP contribution >= 0.6 is 31.9 Å². The smallest absolute Gasteiger partial charge is 0.251 e. The molecule has 1 N–H and O–H groups in total. The topological polar surface area (TPSA) is 38.3 Å². The monoisotopic (exact) mass is 377 g/mol. The predicted molar refractivity (Wildman–Crippen MR) is 80.4 cm³/mol. The first-order valence-corrected chi connectivity index (χ1v) is 7.61. The van der Waals surface area contributed by atoms with E-state index in [4.69, 9.17) is 4.74 Å². The van der Waals surface area contributed by atoms with Gasteiger partial charge in [0.25, 0.3) is 5.91 Å². The van der Waals surface area contributed by atoms with Gasteiger partial charge in [0, 0.05) is 22.5 Å². The van der Waals surface area contributed by atoms with Crippen molar-refractivity contribution in [2.24, 2.45) is 0 Å². The zero-order valence-electron chi connectivity index (χ0n) is 10.5. The Morgan fingerprint density at radius 1 is 1.44 bits per heavy atom. The third kappa shape index (κ3) is 5.08. The highest BCUT2D eigenvalue weighted by Gasteiger charge is 2.13. The lowest BCUT2D eigenvalue weighted by molar-refractivity contribution is 0.0895. The molecule has 1 aromatic carbocycles. The summed E-state index contributed by atoms with van der Waals surface area (Å²) in [6, 6.07) is 5.70. The maximum absolute atomic E-state index is 12.1. The number of alkyl halides is 1. The van der Waals surface area contributed by atoms with Crippen molar-refractivity contribution in [1.29, 1.82) is 0 Å². The normalized spacial score (nSPS) is 12.2. The molecule has 0 aromatic heterocycles. The van der Waals surface area contributed by atoms with Gasteiger partial charge in [-0.1, -0.05) is 31.9 Å². The Morgan fingerprint density at radius 2 is 2.17 bits per heavy atom. The van der Waals surface area contributed by atoms with Gasteiger partial charge in [-0.2, -0.15) is 0 Å². The fourth-order valence-corrected chi connectivity index (χ4v) is 2.83. The lowest BCUT2D eigenvalue weighted by atomic mass is 10.1. The van der Waals surface area contributed by atoms with E-state index in [2.05, 4.69) is 37.2 Å². The van der Waals surface area contributed by atoms with Crippen molar-refractivity contribution in [3.8, 4) is 0 Å². The zero-order chi connectivity index (χ0) is 13.5. The molecule has 0 aliphatic carbocycles. The van der Waals surface area contributed by atoms with Crippen molar-refractivity contribution >= 4 is 37.8 Å². The van der Waals surface area contributed by atoms with Crippen LogP contribution in [0, 0.1) is 6.92 Å². The van der Waals surface area contributed by atoms with Gasteiger partial charge < -0.3 is 10.1 Å². The Labute approximate surface area is 125 Å². The van der Waals surface area contributed by atoms with Crippen LogP contribution in [0.3, 0.4) is 0 Å². The first-order chi connectivity index (χ1) is 8.56. The van der Waals surface area contributed by atoms with E-state index >= 15 is 0 Å². The van der Waals surface area contributed by atoms with Gasteiger partial charge in [0.05, 0.1) is 12.6 Å². The van der Waals surface area contributed by atoms with Crippen LogP contribution in [0.15, 0.2) is 22.7 Å². The number of carbonyl (C=O) groups excluding carboxylic acids is 1. The molecule has 1 amide bonds. The molecule has 0 spiro atoms. The highest BCUT2D eigenvalue weighted by molar-refractivity contribution is 9.10. The first-order valence-electron chi connectivity index (χ1n) is 5.69. The van der Waals surface area contributed by atoms with E-state index in [1.165, 1.54) is 0 Å². The number of methoxy groups -OCH3 is 1. The summed E-state index contributed by atoms with van der Waals surface area (Å²) < 4.78 is 6.01. The van der Waals surface area contributed by atoms with Crippen molar-refractivity contribution in [2.45, 2.75) is 19.4 Å². The molecule has 0 saturated carbocycles. The molecule has 0 radical (unpaired) electrons. The molecule has 1 atom stereocenters. The summed E-state index contributed by atoms with van der Waals surface area (Å²) in [5.41, 5.74) is 1.72. The summed E-state index contributed by atoms with van der Waals surface area (Å²) in [5.74, 6) is -0.0672. The molecular weight excluding hydrogens is 362 g/mol. The number of carbonyl (C=O) groups is 1. The van der Waals surface area contributed by atoms with Crippen LogP contribution in [0.1, 0.15) is 22.3 Å². The molecule has 0 heterocycles. The Kier molecular flexibility index (Phi) is 6.89. The van der Waals surface area contributed by atoms with Gasteiger partial charge in [-0.15, -0.1) is 0 Å². The number of ether oxygens (including phenoxy) is 1. The van der Waals surface area contributed by atoms with Gasteiger partial charge in [-0.05, 0) is 37.1 Å². The van der Waals surface area contributed by atoms with Crippen molar-refractivity contribution in [3.05, 3.63) is 33.8 Å². The van der Waals surface area contributed by atoms with Crippen molar-refractivity contribution in [2.75, 3.05) is 19.0 Å². The fraction of sp³-hybridized carbons (Fsp3) is 0.462. The summed E-state index contributed by atoms with van der Waals surface area (Å²) in [6.45, 7) is 2.48. The average molecular weight is 379 g/mol. The Bertz CT molecular complexity index is 384. The van der Waals surface area contributed by atoms with E-state index in [0.717, 1.165) is 21.8 Å². The largest absolute Gasteiger partial charge is 0.383 e. The summed E-state index contributed by atoms with van der Waals surface area (Å²) in [4.78, 5) is 12.1. The van der Waals surface area contributed by atoms with E-state index in [1.54, 1.807) is 7.11 Å². The van der Waals surface area contributed by atoms with Crippen molar-refractivity contribution < 1.29 is 9.53 Å². The number of amides is 1. The Balaban J connectivity index is 2.73. The minimum Gasteiger partial charge on any atom is -0.383 e. The molecule has 0 aliphatic heterocycles. The summed E-state index contributed by atoms with van der Waals surface area (Å²) in [7, 11) is 1.64. The number of halogens is 2. The van der Waals surface area contributed by atoms with E-state index in [9.17, 15) is 4.79 Å². The van der Waals surface area contributed by atoms with E-state index in [1.807, 2.05) is 25.1 Å². The van der Waals surface area contributed by atoms with Crippen molar-refractivity contribution in [1.82, 2.24) is 5.32 Å². The van der Waals surface area contributed by atoms with Gasteiger partial charge in [0.1, 0.15) is 0 Å². The van der Waals surface area contributed by atoms with Crippen LogP contribution < -0.4 is 5.32 Å². The van der Waals surface area contributed by atoms with Crippen LogP contribution in [0.2, 0.25) is 0 Å². The molecule has 5 heteroatoms.